The fraction of sp³-hybridized carbons (Fsp3) is 0.364. The summed E-state index contributed by atoms with van der Waals surface area (Å²) < 4.78 is 24.5. The Morgan fingerprint density at radius 3 is 2.56 bits per heavy atom. The van der Waals surface area contributed by atoms with Gasteiger partial charge in [-0.25, -0.2) is 13.2 Å². The van der Waals surface area contributed by atoms with E-state index in [-0.39, 0.29) is 5.56 Å². The lowest BCUT2D eigenvalue weighted by molar-refractivity contribution is 0.0697. The minimum atomic E-state index is -3.38. The maximum atomic E-state index is 11.6. The number of carboxylic acid groups (broad SMARTS) is 1. The number of sulfonamides is 1. The number of anilines is 1. The van der Waals surface area contributed by atoms with Crippen molar-refractivity contribution in [2.45, 2.75) is 6.42 Å². The van der Waals surface area contributed by atoms with Crippen LogP contribution in [-0.4, -0.2) is 43.3 Å². The molecule has 1 N–H and O–H groups in total. The predicted octanol–water partition coefficient (Wildman–Crippen LogP) is 0.772. The maximum absolute atomic E-state index is 11.6. The van der Waals surface area contributed by atoms with Crippen molar-refractivity contribution in [2.24, 2.45) is 0 Å². The maximum Gasteiger partial charge on any atom is 0.337 e. The van der Waals surface area contributed by atoms with Gasteiger partial charge in [-0.2, -0.15) is 0 Å². The lowest BCUT2D eigenvalue weighted by Crippen LogP contribution is -2.41. The number of carboxylic acids is 1. The summed E-state index contributed by atoms with van der Waals surface area (Å²) in [6, 6.07) is 6.40. The molecule has 1 fully saturated rings. The van der Waals surface area contributed by atoms with Crippen LogP contribution in [0.3, 0.4) is 0 Å². The Kier molecular flexibility index (Phi) is 3.27. The Morgan fingerprint density at radius 1 is 1.28 bits per heavy atom. The normalized spacial score (nSPS) is 17.1. The van der Waals surface area contributed by atoms with Crippen LogP contribution in [0.1, 0.15) is 16.8 Å². The summed E-state index contributed by atoms with van der Waals surface area (Å²) in [4.78, 5) is 11.1. The third kappa shape index (κ3) is 2.32. The lowest BCUT2D eigenvalue weighted by Gasteiger charge is -2.28. The minimum absolute atomic E-state index is 0.105. The lowest BCUT2D eigenvalue weighted by atomic mass is 10.2. The first-order chi connectivity index (χ1) is 8.41. The summed E-state index contributed by atoms with van der Waals surface area (Å²) in [5.74, 6) is -1.06. The first kappa shape index (κ1) is 12.8. The van der Waals surface area contributed by atoms with Crippen LogP contribution in [0.2, 0.25) is 0 Å². The van der Waals surface area contributed by atoms with E-state index >= 15 is 0 Å². The second-order valence-corrected chi connectivity index (χ2v) is 6.00. The van der Waals surface area contributed by atoms with E-state index in [2.05, 4.69) is 0 Å². The van der Waals surface area contributed by atoms with Crippen molar-refractivity contribution in [3.05, 3.63) is 29.8 Å². The topological polar surface area (TPSA) is 77.9 Å². The van der Waals surface area contributed by atoms with Crippen molar-refractivity contribution >= 4 is 21.7 Å². The number of aromatic carboxylic acids is 1. The zero-order valence-electron chi connectivity index (χ0n) is 9.91. The number of nitrogens with zero attached hydrogens (tertiary/aromatic N) is 2. The Balaban J connectivity index is 2.46. The van der Waals surface area contributed by atoms with Gasteiger partial charge in [-0.05, 0) is 18.6 Å². The van der Waals surface area contributed by atoms with Crippen molar-refractivity contribution in [3.63, 3.8) is 0 Å². The van der Waals surface area contributed by atoms with Crippen LogP contribution in [0.25, 0.3) is 0 Å². The predicted molar refractivity (Wildman–Crippen MR) is 66.9 cm³/mol. The van der Waals surface area contributed by atoms with Crippen LogP contribution < -0.4 is 5.01 Å². The van der Waals surface area contributed by atoms with Crippen molar-refractivity contribution in [1.29, 1.82) is 0 Å². The Labute approximate surface area is 105 Å². The average molecular weight is 270 g/mol. The highest BCUT2D eigenvalue weighted by Gasteiger charge is 2.31. The van der Waals surface area contributed by atoms with Crippen LogP contribution in [0.15, 0.2) is 24.3 Å². The molecule has 0 aliphatic carbocycles. The summed E-state index contributed by atoms with van der Waals surface area (Å²) in [7, 11) is -3.38. The van der Waals surface area contributed by atoms with E-state index in [1.54, 1.807) is 18.2 Å². The van der Waals surface area contributed by atoms with Crippen molar-refractivity contribution in [1.82, 2.24) is 4.41 Å². The molecule has 0 bridgehead atoms. The zero-order chi connectivity index (χ0) is 13.3. The Bertz CT molecular complexity index is 570. The number of hydrogen-bond donors (Lipinski definition) is 1. The molecule has 18 heavy (non-hydrogen) atoms. The van der Waals surface area contributed by atoms with E-state index in [4.69, 9.17) is 5.11 Å². The molecule has 0 aromatic heterocycles. The van der Waals surface area contributed by atoms with E-state index in [1.807, 2.05) is 0 Å². The van der Waals surface area contributed by atoms with Gasteiger partial charge in [0.15, 0.2) is 0 Å². The van der Waals surface area contributed by atoms with Gasteiger partial charge in [0.2, 0.25) is 10.0 Å². The molecule has 0 amide bonds. The highest BCUT2D eigenvalue weighted by Crippen LogP contribution is 2.27. The van der Waals surface area contributed by atoms with Crippen LogP contribution in [0, 0.1) is 0 Å². The highest BCUT2D eigenvalue weighted by molar-refractivity contribution is 7.88. The minimum Gasteiger partial charge on any atom is -0.478 e. The number of carbonyl (C=O) groups is 1. The van der Waals surface area contributed by atoms with Gasteiger partial charge in [0.1, 0.15) is 0 Å². The second-order valence-electron chi connectivity index (χ2n) is 4.11. The molecular weight excluding hydrogens is 256 g/mol. The second kappa shape index (κ2) is 4.58. The Hall–Kier alpha value is -1.60. The van der Waals surface area contributed by atoms with Gasteiger partial charge in [0.25, 0.3) is 0 Å². The molecule has 1 aromatic rings. The molecule has 6 nitrogen and oxygen atoms in total. The largest absolute Gasteiger partial charge is 0.478 e. The molecule has 2 rings (SSSR count). The summed E-state index contributed by atoms with van der Waals surface area (Å²) in [6.45, 7) is 0.879. The van der Waals surface area contributed by atoms with E-state index in [0.29, 0.717) is 25.2 Å². The molecule has 7 heteroatoms. The molecule has 1 heterocycles. The Morgan fingerprint density at radius 2 is 1.94 bits per heavy atom. The molecule has 98 valence electrons. The molecule has 0 saturated carbocycles. The molecule has 0 radical (unpaired) electrons. The standard InChI is InChI=1S/C11H14N2O4S/c1-18(16,17)13-8-4-7-12(13)10-6-3-2-5-9(10)11(14)15/h2-3,5-6H,4,7-8H2,1H3,(H,14,15). The average Bonchev–Trinajstić information content (AvgIpc) is 2.77. The van der Waals surface area contributed by atoms with Gasteiger partial charge >= 0.3 is 5.97 Å². The van der Waals surface area contributed by atoms with Gasteiger partial charge in [0.05, 0.1) is 17.5 Å². The molecule has 0 spiro atoms. The number of para-hydroxylation sites is 1. The van der Waals surface area contributed by atoms with Gasteiger partial charge in [-0.1, -0.05) is 12.1 Å². The summed E-state index contributed by atoms with van der Waals surface area (Å²) >= 11 is 0. The van der Waals surface area contributed by atoms with Crippen LogP contribution in [0.5, 0.6) is 0 Å². The van der Waals surface area contributed by atoms with Crippen LogP contribution in [-0.2, 0) is 10.0 Å². The molecule has 1 aliphatic rings. The van der Waals surface area contributed by atoms with Crippen LogP contribution in [0.4, 0.5) is 5.69 Å². The summed E-state index contributed by atoms with van der Waals surface area (Å²) in [5.41, 5.74) is 0.515. The first-order valence-electron chi connectivity index (χ1n) is 5.49. The number of rotatable bonds is 3. The third-order valence-electron chi connectivity index (χ3n) is 2.78. The molecule has 0 atom stereocenters. The fourth-order valence-corrected chi connectivity index (χ4v) is 3.04. The van der Waals surface area contributed by atoms with Crippen molar-refractivity contribution in [2.75, 3.05) is 24.4 Å². The molecule has 0 unspecified atom stereocenters. The summed E-state index contributed by atoms with van der Waals surface area (Å²) in [6.07, 6.45) is 1.80. The molecular formula is C11H14N2O4S. The fourth-order valence-electron chi connectivity index (χ4n) is 2.05. The van der Waals surface area contributed by atoms with Gasteiger partial charge in [-0.3, -0.25) is 5.01 Å². The van der Waals surface area contributed by atoms with E-state index < -0.39 is 16.0 Å². The van der Waals surface area contributed by atoms with Gasteiger partial charge in [0, 0.05) is 13.1 Å². The van der Waals surface area contributed by atoms with E-state index in [0.717, 1.165) is 6.26 Å². The number of hydrogen-bond acceptors (Lipinski definition) is 4. The van der Waals surface area contributed by atoms with E-state index in [1.165, 1.54) is 15.5 Å². The molecule has 1 saturated heterocycles. The monoisotopic (exact) mass is 270 g/mol. The smallest absolute Gasteiger partial charge is 0.337 e. The van der Waals surface area contributed by atoms with Crippen molar-refractivity contribution in [3.8, 4) is 0 Å². The van der Waals surface area contributed by atoms with Crippen molar-refractivity contribution < 1.29 is 18.3 Å². The van der Waals surface area contributed by atoms with Gasteiger partial charge in [-0.15, -0.1) is 4.41 Å². The SMILES string of the molecule is CS(=O)(=O)N1CCCN1c1ccccc1C(=O)O. The third-order valence-corrected chi connectivity index (χ3v) is 3.93. The number of benzene rings is 1. The highest BCUT2D eigenvalue weighted by atomic mass is 32.2. The number of hydrazine groups is 1. The van der Waals surface area contributed by atoms with E-state index in [9.17, 15) is 13.2 Å². The molecule has 1 aromatic carbocycles. The molecule has 1 aliphatic heterocycles. The zero-order valence-corrected chi connectivity index (χ0v) is 10.7. The van der Waals surface area contributed by atoms with Gasteiger partial charge < -0.3 is 5.11 Å². The first-order valence-corrected chi connectivity index (χ1v) is 7.33. The quantitative estimate of drug-likeness (QED) is 0.877. The summed E-state index contributed by atoms with van der Waals surface area (Å²) in [5, 5.41) is 10.6. The van der Waals surface area contributed by atoms with Crippen LogP contribution >= 0.6 is 0 Å².